The van der Waals surface area contributed by atoms with Crippen molar-refractivity contribution in [2.45, 2.75) is 84.2 Å². The monoisotopic (exact) mass is 591 g/mol. The van der Waals surface area contributed by atoms with E-state index < -0.39 is 104 Å². The lowest BCUT2D eigenvalue weighted by Gasteiger charge is -2.48. The van der Waals surface area contributed by atoms with Crippen LogP contribution in [0.25, 0.3) is 0 Å². The van der Waals surface area contributed by atoms with E-state index in [2.05, 4.69) is 10.1 Å². The van der Waals surface area contributed by atoms with Crippen molar-refractivity contribution in [3.05, 3.63) is 0 Å². The van der Waals surface area contributed by atoms with E-state index in [0.29, 0.717) is 0 Å². The smallest absolute Gasteiger partial charge is 0.379 e. The summed E-state index contributed by atoms with van der Waals surface area (Å²) in [5.41, 5.74) is 0. The van der Waals surface area contributed by atoms with E-state index in [1.54, 1.807) is 0 Å². The number of hydrogen-bond acceptors (Lipinski definition) is 16. The zero-order chi connectivity index (χ0) is 31.5. The molecule has 0 radical (unpaired) electrons. The van der Waals surface area contributed by atoms with Gasteiger partial charge in [-0.25, -0.2) is 4.79 Å². The van der Waals surface area contributed by atoms with Crippen LogP contribution in [0.3, 0.4) is 0 Å². The lowest BCUT2D eigenvalue weighted by Crippen LogP contribution is -2.69. The molecule has 41 heavy (non-hydrogen) atoms. The van der Waals surface area contributed by atoms with E-state index in [-0.39, 0.29) is 0 Å². The van der Waals surface area contributed by atoms with Crippen LogP contribution in [0.5, 0.6) is 0 Å². The fraction of sp³-hybridized carbons (Fsp3) is 0.667. The highest BCUT2D eigenvalue weighted by atomic mass is 16.8. The van der Waals surface area contributed by atoms with Crippen molar-refractivity contribution in [2.75, 3.05) is 20.3 Å². The lowest BCUT2D eigenvalue weighted by atomic mass is 9.88. The summed E-state index contributed by atoms with van der Waals surface area (Å²) in [6.07, 6.45) is -7.58. The Kier molecular flexibility index (Phi) is 13.1. The number of carbonyl (C=O) groups excluding carboxylic acids is 8. The van der Waals surface area contributed by atoms with Crippen molar-refractivity contribution in [2.24, 2.45) is 0 Å². The summed E-state index contributed by atoms with van der Waals surface area (Å²) >= 11 is 0. The Labute approximate surface area is 234 Å². The van der Waals surface area contributed by atoms with Gasteiger partial charge < -0.3 is 43.2 Å². The molecule has 1 saturated heterocycles. The molecule has 230 valence electrons. The molecule has 1 N–H and O–H groups in total. The maximum Gasteiger partial charge on any atom is 0.379 e. The quantitative estimate of drug-likeness (QED) is 0.204. The van der Waals surface area contributed by atoms with Crippen molar-refractivity contribution in [3.8, 4) is 0 Å². The zero-order valence-electron chi connectivity index (χ0n) is 23.5. The van der Waals surface area contributed by atoms with E-state index in [0.717, 1.165) is 48.7 Å². The second-order valence-electron chi connectivity index (χ2n) is 8.67. The molecule has 6 atom stereocenters. The Morgan fingerprint density at radius 1 is 0.805 bits per heavy atom. The summed E-state index contributed by atoms with van der Waals surface area (Å²) < 4.78 is 41.3. The van der Waals surface area contributed by atoms with E-state index in [9.17, 15) is 38.4 Å². The largest absolute Gasteiger partial charge is 0.464 e. The summed E-state index contributed by atoms with van der Waals surface area (Å²) in [4.78, 5) is 96.6. The second-order valence-corrected chi connectivity index (χ2v) is 8.67. The maximum atomic E-state index is 12.9. The standard InChI is InChI=1S/C24H33NO16/c1-11(26)35-9-18(38-14(4)29)21(39-15(5)30)22-20(25-19(32)10-36-12(2)27)17(37-13(3)28)8-24(41-22,23(33)34-7)40-16(6)31/h17-18,20-22H,8-10H2,1-7H3,(H,25,32). The SMILES string of the molecule is COC(=O)C1(OC(C)=O)CC(OC(C)=O)C(NC(=O)COC(C)=O)C(C(OC(C)=O)C(COC(C)=O)OC(C)=O)O1. The van der Waals surface area contributed by atoms with Crippen LogP contribution >= 0.6 is 0 Å². The molecule has 1 aliphatic heterocycles. The van der Waals surface area contributed by atoms with Crippen LogP contribution in [0.2, 0.25) is 0 Å². The van der Waals surface area contributed by atoms with Gasteiger partial charge in [0.25, 0.3) is 5.91 Å². The Morgan fingerprint density at radius 3 is 1.85 bits per heavy atom. The third-order valence-electron chi connectivity index (χ3n) is 5.17. The van der Waals surface area contributed by atoms with Gasteiger partial charge in [0.1, 0.15) is 18.8 Å². The summed E-state index contributed by atoms with van der Waals surface area (Å²) in [5, 5.41) is 2.40. The Bertz CT molecular complexity index is 1040. The van der Waals surface area contributed by atoms with E-state index >= 15 is 0 Å². The number of ether oxygens (including phenoxy) is 8. The molecular formula is C24H33NO16. The Balaban J connectivity index is 3.87. The predicted molar refractivity (Wildman–Crippen MR) is 128 cm³/mol. The minimum absolute atomic E-state index is 0.710. The van der Waals surface area contributed by atoms with Crippen LogP contribution in [0.4, 0.5) is 0 Å². The van der Waals surface area contributed by atoms with Crippen molar-refractivity contribution < 1.29 is 76.3 Å². The highest BCUT2D eigenvalue weighted by Gasteiger charge is 2.60. The highest BCUT2D eigenvalue weighted by molar-refractivity contribution is 5.83. The summed E-state index contributed by atoms with van der Waals surface area (Å²) in [7, 11) is 0.936. The fourth-order valence-electron chi connectivity index (χ4n) is 3.90. The van der Waals surface area contributed by atoms with Gasteiger partial charge in [-0.3, -0.25) is 33.6 Å². The van der Waals surface area contributed by atoms with Crippen LogP contribution in [0.1, 0.15) is 48.0 Å². The number of esters is 7. The molecule has 0 saturated carbocycles. The summed E-state index contributed by atoms with van der Waals surface area (Å²) in [6.45, 7) is 4.45. The molecule has 1 amide bonds. The molecular weight excluding hydrogens is 558 g/mol. The summed E-state index contributed by atoms with van der Waals surface area (Å²) in [6, 6.07) is -1.55. The van der Waals surface area contributed by atoms with Crippen molar-refractivity contribution in [1.29, 1.82) is 0 Å². The first-order valence-corrected chi connectivity index (χ1v) is 12.0. The minimum atomic E-state index is -2.64. The van der Waals surface area contributed by atoms with Crippen molar-refractivity contribution >= 4 is 47.7 Å². The minimum Gasteiger partial charge on any atom is -0.464 e. The van der Waals surface area contributed by atoms with Crippen LogP contribution in [-0.4, -0.2) is 104 Å². The van der Waals surface area contributed by atoms with Crippen LogP contribution in [0.15, 0.2) is 0 Å². The number of amides is 1. The number of hydrogen-bond donors (Lipinski definition) is 1. The van der Waals surface area contributed by atoms with Gasteiger partial charge in [0.05, 0.1) is 19.6 Å². The Morgan fingerprint density at radius 2 is 1.39 bits per heavy atom. The molecule has 1 rings (SSSR count). The van der Waals surface area contributed by atoms with Crippen LogP contribution in [-0.2, 0) is 76.3 Å². The molecule has 0 aromatic heterocycles. The molecule has 6 unspecified atom stereocenters. The van der Waals surface area contributed by atoms with Gasteiger partial charge in [-0.15, -0.1) is 0 Å². The van der Waals surface area contributed by atoms with E-state index in [4.69, 9.17) is 33.2 Å². The first-order valence-electron chi connectivity index (χ1n) is 12.0. The Hall–Kier alpha value is -4.28. The topological polar surface area (TPSA) is 222 Å². The van der Waals surface area contributed by atoms with Crippen LogP contribution < -0.4 is 5.32 Å². The maximum absolute atomic E-state index is 12.9. The van der Waals surface area contributed by atoms with Crippen molar-refractivity contribution in [1.82, 2.24) is 5.32 Å². The average molecular weight is 592 g/mol. The molecule has 0 aromatic carbocycles. The first kappa shape index (κ1) is 34.7. The van der Waals surface area contributed by atoms with Gasteiger partial charge in [-0.1, -0.05) is 0 Å². The molecule has 0 aliphatic carbocycles. The second kappa shape index (κ2) is 15.5. The van der Waals surface area contributed by atoms with E-state index in [1.807, 2.05) is 0 Å². The molecule has 1 aliphatic rings. The molecule has 1 fully saturated rings. The van der Waals surface area contributed by atoms with Crippen LogP contribution in [0, 0.1) is 0 Å². The molecule has 0 aromatic rings. The number of nitrogens with one attached hydrogen (secondary N) is 1. The third-order valence-corrected chi connectivity index (χ3v) is 5.17. The molecule has 17 heteroatoms. The fourth-order valence-corrected chi connectivity index (χ4v) is 3.90. The van der Waals surface area contributed by atoms with Gasteiger partial charge >= 0.3 is 47.6 Å². The molecule has 17 nitrogen and oxygen atoms in total. The molecule has 0 spiro atoms. The number of carbonyl (C=O) groups is 8. The van der Waals surface area contributed by atoms with E-state index in [1.165, 1.54) is 0 Å². The zero-order valence-corrected chi connectivity index (χ0v) is 23.5. The number of rotatable bonds is 12. The summed E-state index contributed by atoms with van der Waals surface area (Å²) in [5.74, 6) is -10.4. The average Bonchev–Trinajstić information content (AvgIpc) is 2.83. The van der Waals surface area contributed by atoms with Gasteiger partial charge in [0, 0.05) is 41.5 Å². The van der Waals surface area contributed by atoms with Gasteiger partial charge in [0.2, 0.25) is 0 Å². The first-order chi connectivity index (χ1) is 19.0. The molecule has 0 bridgehead atoms. The normalized spacial score (nSPS) is 23.0. The molecule has 1 heterocycles. The number of methoxy groups -OCH3 is 1. The van der Waals surface area contributed by atoms with Gasteiger partial charge in [-0.2, -0.15) is 0 Å². The van der Waals surface area contributed by atoms with Gasteiger partial charge in [0.15, 0.2) is 18.8 Å². The highest BCUT2D eigenvalue weighted by Crippen LogP contribution is 2.37. The van der Waals surface area contributed by atoms with Crippen molar-refractivity contribution in [3.63, 3.8) is 0 Å². The lowest BCUT2D eigenvalue weighted by molar-refractivity contribution is -0.304. The van der Waals surface area contributed by atoms with Gasteiger partial charge in [-0.05, 0) is 0 Å². The predicted octanol–water partition coefficient (Wildman–Crippen LogP) is -1.39. The third kappa shape index (κ3) is 11.0.